The summed E-state index contributed by atoms with van der Waals surface area (Å²) in [6, 6.07) is 12.9. The van der Waals surface area contributed by atoms with Crippen molar-refractivity contribution >= 4 is 17.2 Å². The molecule has 2 heterocycles. The first-order valence-electron chi connectivity index (χ1n) is 7.75. The molecule has 3 aromatic rings. The number of carbonyl (C=O) groups excluding carboxylic acids is 1. The Labute approximate surface area is 143 Å². The van der Waals surface area contributed by atoms with Crippen molar-refractivity contribution in [2.75, 3.05) is 6.54 Å². The molecule has 3 rings (SSSR count). The SMILES string of the molecule is Cc1ccc(-n2[nH]c(C(=O)NCC(C)c3cccs3)cc2=O)cc1. The second-order valence-corrected chi connectivity index (χ2v) is 6.78. The summed E-state index contributed by atoms with van der Waals surface area (Å²) in [4.78, 5) is 25.6. The van der Waals surface area contributed by atoms with Gasteiger partial charge in [0.2, 0.25) is 0 Å². The van der Waals surface area contributed by atoms with Crippen molar-refractivity contribution in [3.8, 4) is 5.69 Å². The van der Waals surface area contributed by atoms with E-state index in [9.17, 15) is 9.59 Å². The second kappa shape index (κ2) is 6.88. The van der Waals surface area contributed by atoms with E-state index in [-0.39, 0.29) is 23.1 Å². The summed E-state index contributed by atoms with van der Waals surface area (Å²) in [6.45, 7) is 4.57. The molecule has 2 N–H and O–H groups in total. The molecule has 0 fully saturated rings. The molecule has 124 valence electrons. The van der Waals surface area contributed by atoms with E-state index in [1.807, 2.05) is 42.6 Å². The van der Waals surface area contributed by atoms with Gasteiger partial charge in [-0.15, -0.1) is 11.3 Å². The number of aromatic amines is 1. The summed E-state index contributed by atoms with van der Waals surface area (Å²) in [5.41, 5.74) is 1.82. The maximum atomic E-state index is 12.3. The first-order chi connectivity index (χ1) is 11.5. The largest absolute Gasteiger partial charge is 0.350 e. The maximum absolute atomic E-state index is 12.3. The first-order valence-corrected chi connectivity index (χ1v) is 8.63. The average Bonchev–Trinajstić information content (AvgIpc) is 3.23. The lowest BCUT2D eigenvalue weighted by Gasteiger charge is -2.10. The van der Waals surface area contributed by atoms with Crippen LogP contribution in [0.25, 0.3) is 5.69 Å². The molecule has 0 aliphatic heterocycles. The number of carbonyl (C=O) groups is 1. The molecule has 0 saturated heterocycles. The van der Waals surface area contributed by atoms with Gasteiger partial charge < -0.3 is 5.32 Å². The zero-order chi connectivity index (χ0) is 17.1. The van der Waals surface area contributed by atoms with Crippen molar-refractivity contribution in [2.45, 2.75) is 19.8 Å². The molecule has 6 heteroatoms. The molecule has 0 aliphatic rings. The molecule has 0 bridgehead atoms. The lowest BCUT2D eigenvalue weighted by Crippen LogP contribution is -2.27. The van der Waals surface area contributed by atoms with Crippen molar-refractivity contribution in [1.82, 2.24) is 15.1 Å². The minimum Gasteiger partial charge on any atom is -0.350 e. The van der Waals surface area contributed by atoms with Crippen LogP contribution in [-0.2, 0) is 0 Å². The number of benzene rings is 1. The van der Waals surface area contributed by atoms with Crippen molar-refractivity contribution in [3.05, 3.63) is 74.3 Å². The fourth-order valence-corrected chi connectivity index (χ4v) is 3.20. The molecule has 1 unspecified atom stereocenters. The molecular formula is C18H19N3O2S. The van der Waals surface area contributed by atoms with Crippen LogP contribution in [0.1, 0.15) is 33.8 Å². The molecule has 24 heavy (non-hydrogen) atoms. The van der Waals surface area contributed by atoms with E-state index in [0.717, 1.165) is 5.56 Å². The number of rotatable bonds is 5. The number of hydrogen-bond donors (Lipinski definition) is 2. The molecule has 2 aromatic heterocycles. The Hall–Kier alpha value is -2.60. The third-order valence-electron chi connectivity index (χ3n) is 3.85. The Balaban J connectivity index is 1.71. The van der Waals surface area contributed by atoms with Gasteiger partial charge in [0.05, 0.1) is 5.69 Å². The minimum absolute atomic E-state index is 0.236. The number of thiophene rings is 1. The predicted molar refractivity (Wildman–Crippen MR) is 96.2 cm³/mol. The van der Waals surface area contributed by atoms with Gasteiger partial charge in [0.25, 0.3) is 11.5 Å². The highest BCUT2D eigenvalue weighted by Crippen LogP contribution is 2.19. The Morgan fingerprint density at radius 3 is 2.71 bits per heavy atom. The summed E-state index contributed by atoms with van der Waals surface area (Å²) >= 11 is 1.67. The number of nitrogens with one attached hydrogen (secondary N) is 2. The summed E-state index contributed by atoms with van der Waals surface area (Å²) in [7, 11) is 0. The molecule has 0 saturated carbocycles. The monoisotopic (exact) mass is 341 g/mol. The van der Waals surface area contributed by atoms with Gasteiger partial charge in [-0.1, -0.05) is 30.7 Å². The first kappa shape index (κ1) is 16.3. The van der Waals surface area contributed by atoms with Gasteiger partial charge in [0, 0.05) is 23.4 Å². The predicted octanol–water partition coefficient (Wildman–Crippen LogP) is 3.07. The smallest absolute Gasteiger partial charge is 0.271 e. The van der Waals surface area contributed by atoms with E-state index in [1.54, 1.807) is 11.3 Å². The van der Waals surface area contributed by atoms with Crippen LogP contribution in [0.2, 0.25) is 0 Å². The van der Waals surface area contributed by atoms with E-state index in [4.69, 9.17) is 0 Å². The lowest BCUT2D eigenvalue weighted by molar-refractivity contribution is 0.0946. The molecule has 0 radical (unpaired) electrons. The van der Waals surface area contributed by atoms with Crippen molar-refractivity contribution in [1.29, 1.82) is 0 Å². The van der Waals surface area contributed by atoms with Crippen LogP contribution in [0, 0.1) is 6.92 Å². The van der Waals surface area contributed by atoms with E-state index in [0.29, 0.717) is 12.2 Å². The van der Waals surface area contributed by atoms with Gasteiger partial charge in [-0.05, 0) is 30.5 Å². The summed E-state index contributed by atoms with van der Waals surface area (Å²) < 4.78 is 1.37. The zero-order valence-electron chi connectivity index (χ0n) is 13.6. The molecule has 0 spiro atoms. The third kappa shape index (κ3) is 3.49. The van der Waals surface area contributed by atoms with Gasteiger partial charge in [-0.3, -0.25) is 14.7 Å². The number of aryl methyl sites for hydroxylation is 1. The maximum Gasteiger partial charge on any atom is 0.271 e. The molecule has 1 aromatic carbocycles. The van der Waals surface area contributed by atoms with Gasteiger partial charge in [-0.2, -0.15) is 0 Å². The van der Waals surface area contributed by atoms with E-state index in [2.05, 4.69) is 23.4 Å². The van der Waals surface area contributed by atoms with Crippen LogP contribution in [0.3, 0.4) is 0 Å². The number of nitrogens with zero attached hydrogens (tertiary/aromatic N) is 1. The normalized spacial score (nSPS) is 12.1. The van der Waals surface area contributed by atoms with Gasteiger partial charge in [-0.25, -0.2) is 4.68 Å². The number of hydrogen-bond acceptors (Lipinski definition) is 3. The van der Waals surface area contributed by atoms with Crippen LogP contribution in [-0.4, -0.2) is 22.2 Å². The molecule has 5 nitrogen and oxygen atoms in total. The average molecular weight is 341 g/mol. The number of amides is 1. The van der Waals surface area contributed by atoms with Crippen molar-refractivity contribution < 1.29 is 4.79 Å². The van der Waals surface area contributed by atoms with E-state index < -0.39 is 0 Å². The van der Waals surface area contributed by atoms with E-state index in [1.165, 1.54) is 15.6 Å². The Morgan fingerprint density at radius 1 is 1.29 bits per heavy atom. The molecule has 0 aliphatic carbocycles. The fraction of sp³-hybridized carbons (Fsp3) is 0.222. The van der Waals surface area contributed by atoms with Crippen LogP contribution in [0.4, 0.5) is 0 Å². The van der Waals surface area contributed by atoms with Gasteiger partial charge in [0.15, 0.2) is 0 Å². The standard InChI is InChI=1S/C18H19N3O2S/c1-12-5-7-14(8-6-12)21-17(22)10-15(20-21)18(23)19-11-13(2)16-4-3-9-24-16/h3-10,13,20H,11H2,1-2H3,(H,19,23). The highest BCUT2D eigenvalue weighted by Gasteiger charge is 2.14. The summed E-state index contributed by atoms with van der Waals surface area (Å²) in [5, 5.41) is 7.76. The number of H-pyrrole nitrogens is 1. The second-order valence-electron chi connectivity index (χ2n) is 5.81. The van der Waals surface area contributed by atoms with E-state index >= 15 is 0 Å². The van der Waals surface area contributed by atoms with Gasteiger partial charge in [0.1, 0.15) is 5.69 Å². The van der Waals surface area contributed by atoms with Crippen molar-refractivity contribution in [2.24, 2.45) is 0 Å². The van der Waals surface area contributed by atoms with Crippen LogP contribution >= 0.6 is 11.3 Å². The summed E-state index contributed by atoms with van der Waals surface area (Å²) in [5.74, 6) is -0.0405. The Kier molecular flexibility index (Phi) is 4.66. The highest BCUT2D eigenvalue weighted by molar-refractivity contribution is 7.10. The summed E-state index contributed by atoms with van der Waals surface area (Å²) in [6.07, 6.45) is 0. The third-order valence-corrected chi connectivity index (χ3v) is 4.96. The quantitative estimate of drug-likeness (QED) is 0.749. The zero-order valence-corrected chi connectivity index (χ0v) is 14.4. The molecule has 1 atom stereocenters. The number of aromatic nitrogens is 2. The Morgan fingerprint density at radius 2 is 2.04 bits per heavy atom. The van der Waals surface area contributed by atoms with Gasteiger partial charge >= 0.3 is 0 Å². The lowest BCUT2D eigenvalue weighted by atomic mass is 10.1. The topological polar surface area (TPSA) is 66.9 Å². The molecule has 1 amide bonds. The van der Waals surface area contributed by atoms with Crippen LogP contribution in [0.5, 0.6) is 0 Å². The fourth-order valence-electron chi connectivity index (χ4n) is 2.41. The molecular weight excluding hydrogens is 322 g/mol. The highest BCUT2D eigenvalue weighted by atomic mass is 32.1. The van der Waals surface area contributed by atoms with Crippen LogP contribution < -0.4 is 10.9 Å². The minimum atomic E-state index is -0.277. The van der Waals surface area contributed by atoms with Crippen LogP contribution in [0.15, 0.2) is 52.6 Å². The van der Waals surface area contributed by atoms with Crippen molar-refractivity contribution in [3.63, 3.8) is 0 Å². The Bertz CT molecular complexity index is 876.